The lowest BCUT2D eigenvalue weighted by Crippen LogP contribution is -2.38. The van der Waals surface area contributed by atoms with E-state index in [2.05, 4.69) is 0 Å². The Hall–Kier alpha value is -3.21. The number of benzene rings is 2. The largest absolute Gasteiger partial charge is 0.489 e. The average Bonchev–Trinajstić information content (AvgIpc) is 2.77. The molecule has 1 aliphatic carbocycles. The van der Waals surface area contributed by atoms with Gasteiger partial charge in [0.2, 0.25) is 0 Å². The Balaban J connectivity index is 1.77. The summed E-state index contributed by atoms with van der Waals surface area (Å²) in [6, 6.07) is 17.6. The Morgan fingerprint density at radius 1 is 1.06 bits per heavy atom. The van der Waals surface area contributed by atoms with Crippen molar-refractivity contribution in [3.05, 3.63) is 77.0 Å². The number of hydrogen-bond donors (Lipinski definition) is 0. The van der Waals surface area contributed by atoms with Crippen molar-refractivity contribution in [3.63, 3.8) is 0 Å². The molecule has 0 aromatic heterocycles. The van der Waals surface area contributed by atoms with E-state index in [4.69, 9.17) is 14.5 Å². The fourth-order valence-corrected chi connectivity index (χ4v) is 4.56. The van der Waals surface area contributed by atoms with Crippen LogP contribution in [-0.2, 0) is 20.9 Å². The van der Waals surface area contributed by atoms with Crippen LogP contribution < -0.4 is 4.74 Å². The van der Waals surface area contributed by atoms with Gasteiger partial charge >= 0.3 is 5.97 Å². The smallest absolute Gasteiger partial charge is 0.315 e. The molecule has 0 bridgehead atoms. The standard InChI is InChI=1S/C27H29NO4/c1-17(2)32-27(30)24-18(3)28-21-13-9-14-22(29)26(21)25(24)20-12-7-8-15-23(20)31-16-19-10-5-4-6-11-19/h4-8,10-12,15,17,24-25H,9,13-14,16H2,1-3H3/t24?,25-/m1/s1. The maximum Gasteiger partial charge on any atom is 0.315 e. The van der Waals surface area contributed by atoms with Crippen LogP contribution in [0.4, 0.5) is 0 Å². The molecule has 0 fully saturated rings. The number of ketones is 1. The number of ether oxygens (including phenoxy) is 2. The summed E-state index contributed by atoms with van der Waals surface area (Å²) in [7, 11) is 0. The first kappa shape index (κ1) is 22.0. The molecule has 1 unspecified atom stereocenters. The first-order chi connectivity index (χ1) is 15.5. The zero-order valence-electron chi connectivity index (χ0n) is 18.8. The summed E-state index contributed by atoms with van der Waals surface area (Å²) in [4.78, 5) is 31.0. The second kappa shape index (κ2) is 9.51. The molecule has 32 heavy (non-hydrogen) atoms. The summed E-state index contributed by atoms with van der Waals surface area (Å²) in [6.45, 7) is 5.92. The molecule has 2 aromatic carbocycles. The summed E-state index contributed by atoms with van der Waals surface area (Å²) in [6.07, 6.45) is 1.75. The molecule has 0 spiro atoms. The molecule has 166 valence electrons. The number of Topliss-reactive ketones (excluding diaryl/α,β-unsaturated/α-hetero) is 1. The van der Waals surface area contributed by atoms with Gasteiger partial charge in [-0.3, -0.25) is 14.6 Å². The minimum absolute atomic E-state index is 0.0627. The third-order valence-electron chi connectivity index (χ3n) is 5.93. The second-order valence-electron chi connectivity index (χ2n) is 8.64. The summed E-state index contributed by atoms with van der Waals surface area (Å²) in [5.74, 6) is -0.737. The third-order valence-corrected chi connectivity index (χ3v) is 5.93. The number of esters is 1. The number of hydrogen-bond acceptors (Lipinski definition) is 5. The van der Waals surface area contributed by atoms with Crippen molar-refractivity contribution < 1.29 is 19.1 Å². The number of nitrogens with zero attached hydrogens (tertiary/aromatic N) is 1. The zero-order valence-corrected chi connectivity index (χ0v) is 18.8. The Kier molecular flexibility index (Phi) is 6.54. The molecule has 5 heteroatoms. The fraction of sp³-hybridized carbons (Fsp3) is 0.370. The second-order valence-corrected chi connectivity index (χ2v) is 8.64. The van der Waals surface area contributed by atoms with Gasteiger partial charge in [-0.15, -0.1) is 0 Å². The Morgan fingerprint density at radius 3 is 2.53 bits per heavy atom. The maximum absolute atomic E-state index is 13.2. The quantitative estimate of drug-likeness (QED) is 0.575. The van der Waals surface area contributed by atoms with Gasteiger partial charge in [-0.1, -0.05) is 48.5 Å². The number of carbonyl (C=O) groups is 2. The topological polar surface area (TPSA) is 65.0 Å². The molecule has 0 saturated carbocycles. The van der Waals surface area contributed by atoms with E-state index in [9.17, 15) is 9.59 Å². The van der Waals surface area contributed by atoms with Crippen LogP contribution >= 0.6 is 0 Å². The normalized spacial score (nSPS) is 20.6. The Bertz CT molecular complexity index is 1070. The van der Waals surface area contributed by atoms with Gasteiger partial charge in [0, 0.05) is 34.9 Å². The molecule has 2 atom stereocenters. The lowest BCUT2D eigenvalue weighted by Gasteiger charge is -2.35. The number of aliphatic imine (C=N–C) groups is 1. The molecule has 0 radical (unpaired) electrons. The fourth-order valence-electron chi connectivity index (χ4n) is 4.56. The van der Waals surface area contributed by atoms with E-state index in [1.807, 2.05) is 75.4 Å². The molecule has 1 aliphatic heterocycles. The van der Waals surface area contributed by atoms with E-state index in [-0.39, 0.29) is 17.9 Å². The first-order valence-electron chi connectivity index (χ1n) is 11.2. The number of para-hydroxylation sites is 1. The van der Waals surface area contributed by atoms with Gasteiger partial charge in [0.1, 0.15) is 18.3 Å². The molecule has 4 rings (SSSR count). The highest BCUT2D eigenvalue weighted by molar-refractivity contribution is 6.09. The predicted molar refractivity (Wildman–Crippen MR) is 124 cm³/mol. The highest BCUT2D eigenvalue weighted by Crippen LogP contribution is 2.46. The van der Waals surface area contributed by atoms with Crippen molar-refractivity contribution in [1.29, 1.82) is 0 Å². The number of allylic oxidation sites excluding steroid dienone is 2. The molecule has 1 heterocycles. The Morgan fingerprint density at radius 2 is 1.78 bits per heavy atom. The van der Waals surface area contributed by atoms with Crippen LogP contribution in [0.5, 0.6) is 5.75 Å². The minimum atomic E-state index is -0.653. The lowest BCUT2D eigenvalue weighted by molar-refractivity contribution is -0.150. The number of rotatable bonds is 6. The van der Waals surface area contributed by atoms with Gasteiger partial charge in [-0.05, 0) is 45.2 Å². The molecular formula is C27H29NO4. The van der Waals surface area contributed by atoms with E-state index in [0.29, 0.717) is 30.1 Å². The highest BCUT2D eigenvalue weighted by Gasteiger charge is 2.44. The van der Waals surface area contributed by atoms with Gasteiger partial charge in [-0.25, -0.2) is 0 Å². The molecule has 2 aliphatic rings. The van der Waals surface area contributed by atoms with Crippen LogP contribution in [0.25, 0.3) is 0 Å². The average molecular weight is 432 g/mol. The van der Waals surface area contributed by atoms with E-state index in [1.54, 1.807) is 0 Å². The van der Waals surface area contributed by atoms with E-state index in [0.717, 1.165) is 29.7 Å². The monoisotopic (exact) mass is 431 g/mol. The maximum atomic E-state index is 13.2. The lowest BCUT2D eigenvalue weighted by atomic mass is 9.71. The van der Waals surface area contributed by atoms with Crippen molar-refractivity contribution in [3.8, 4) is 5.75 Å². The van der Waals surface area contributed by atoms with Gasteiger partial charge in [0.25, 0.3) is 0 Å². The molecule has 5 nitrogen and oxygen atoms in total. The van der Waals surface area contributed by atoms with Crippen molar-refractivity contribution in [2.45, 2.75) is 58.7 Å². The summed E-state index contributed by atoms with van der Waals surface area (Å²) < 4.78 is 11.8. The van der Waals surface area contributed by atoms with E-state index >= 15 is 0 Å². The minimum Gasteiger partial charge on any atom is -0.489 e. The van der Waals surface area contributed by atoms with Crippen LogP contribution in [0.3, 0.4) is 0 Å². The molecule has 0 saturated heterocycles. The van der Waals surface area contributed by atoms with Crippen LogP contribution in [0.1, 0.15) is 57.1 Å². The molecular weight excluding hydrogens is 402 g/mol. The zero-order chi connectivity index (χ0) is 22.7. The van der Waals surface area contributed by atoms with E-state index in [1.165, 1.54) is 0 Å². The van der Waals surface area contributed by atoms with Crippen molar-refractivity contribution in [2.24, 2.45) is 10.9 Å². The van der Waals surface area contributed by atoms with Gasteiger partial charge in [-0.2, -0.15) is 0 Å². The number of carbonyl (C=O) groups excluding carboxylic acids is 2. The van der Waals surface area contributed by atoms with Crippen LogP contribution in [0.15, 0.2) is 70.9 Å². The predicted octanol–water partition coefficient (Wildman–Crippen LogP) is 5.40. The van der Waals surface area contributed by atoms with Crippen molar-refractivity contribution >= 4 is 17.5 Å². The van der Waals surface area contributed by atoms with Crippen molar-refractivity contribution in [1.82, 2.24) is 0 Å². The van der Waals surface area contributed by atoms with Crippen molar-refractivity contribution in [2.75, 3.05) is 0 Å². The van der Waals surface area contributed by atoms with Gasteiger partial charge in [0.05, 0.1) is 6.10 Å². The molecule has 0 amide bonds. The molecule has 2 aromatic rings. The first-order valence-corrected chi connectivity index (χ1v) is 11.2. The van der Waals surface area contributed by atoms with Crippen LogP contribution in [-0.4, -0.2) is 23.6 Å². The third kappa shape index (κ3) is 4.52. The summed E-state index contributed by atoms with van der Waals surface area (Å²) >= 11 is 0. The van der Waals surface area contributed by atoms with Gasteiger partial charge < -0.3 is 9.47 Å². The van der Waals surface area contributed by atoms with Crippen LogP contribution in [0.2, 0.25) is 0 Å². The molecule has 0 N–H and O–H groups in total. The highest BCUT2D eigenvalue weighted by atomic mass is 16.5. The van der Waals surface area contributed by atoms with E-state index < -0.39 is 11.8 Å². The summed E-state index contributed by atoms with van der Waals surface area (Å²) in [5, 5.41) is 0. The SMILES string of the molecule is CC1=NC2=C(C(=O)CCC2)[C@H](c2ccccc2OCc2ccccc2)C1C(=O)OC(C)C. The summed E-state index contributed by atoms with van der Waals surface area (Å²) in [5.41, 5.74) is 4.00. The Labute approximate surface area is 189 Å². The van der Waals surface area contributed by atoms with Crippen LogP contribution in [0, 0.1) is 5.92 Å². The van der Waals surface area contributed by atoms with Gasteiger partial charge in [0.15, 0.2) is 5.78 Å².